The maximum atomic E-state index is 11.9. The van der Waals surface area contributed by atoms with Gasteiger partial charge in [0.15, 0.2) is 6.61 Å². The van der Waals surface area contributed by atoms with E-state index in [1.807, 2.05) is 30.3 Å². The summed E-state index contributed by atoms with van der Waals surface area (Å²) in [5.74, 6) is -1.04. The van der Waals surface area contributed by atoms with Gasteiger partial charge in [-0.2, -0.15) is 5.10 Å². The van der Waals surface area contributed by atoms with Crippen LogP contribution in [0.5, 0.6) is 0 Å². The average Bonchev–Trinajstić information content (AvgIpc) is 3.12. The molecule has 0 bridgehead atoms. The summed E-state index contributed by atoms with van der Waals surface area (Å²) in [7, 11) is 0. The number of para-hydroxylation sites is 1. The largest absolute Gasteiger partial charge is 0.455 e. The number of benzene rings is 2. The predicted molar refractivity (Wildman–Crippen MR) is 103 cm³/mol. The highest BCUT2D eigenvalue weighted by molar-refractivity contribution is 6.35. The van der Waals surface area contributed by atoms with Gasteiger partial charge in [0.05, 0.1) is 29.0 Å². The van der Waals surface area contributed by atoms with Crippen LogP contribution in [-0.2, 0) is 20.7 Å². The van der Waals surface area contributed by atoms with Gasteiger partial charge in [0.1, 0.15) is 0 Å². The second kappa shape index (κ2) is 8.70. The molecule has 0 spiro atoms. The first-order valence-corrected chi connectivity index (χ1v) is 8.76. The zero-order valence-corrected chi connectivity index (χ0v) is 15.6. The summed E-state index contributed by atoms with van der Waals surface area (Å²) in [6.45, 7) is -0.422. The summed E-state index contributed by atoms with van der Waals surface area (Å²) in [6, 6.07) is 14.2. The number of nitrogens with zero attached hydrogens (tertiary/aromatic N) is 2. The monoisotopic (exact) mass is 403 g/mol. The van der Waals surface area contributed by atoms with Crippen molar-refractivity contribution in [3.05, 3.63) is 76.5 Å². The third-order valence-electron chi connectivity index (χ3n) is 3.57. The fourth-order valence-corrected chi connectivity index (χ4v) is 2.65. The molecular weight excluding hydrogens is 389 g/mol. The minimum atomic E-state index is -0.532. The summed E-state index contributed by atoms with van der Waals surface area (Å²) in [6.07, 6.45) is 3.33. The van der Waals surface area contributed by atoms with Crippen LogP contribution < -0.4 is 5.32 Å². The van der Waals surface area contributed by atoms with E-state index in [-0.39, 0.29) is 6.42 Å². The van der Waals surface area contributed by atoms with Gasteiger partial charge in [0, 0.05) is 16.8 Å². The standard InChI is InChI=1S/C19H15Cl2N3O3/c20-14-6-7-16(21)17(9-14)23-18(25)12-27-19(26)8-13-10-22-24(11-13)15-4-2-1-3-5-15/h1-7,9-11H,8,12H2,(H,23,25). The van der Waals surface area contributed by atoms with Crippen LogP contribution >= 0.6 is 23.2 Å². The molecule has 1 aromatic heterocycles. The molecule has 0 radical (unpaired) electrons. The minimum Gasteiger partial charge on any atom is -0.455 e. The number of hydrogen-bond acceptors (Lipinski definition) is 4. The number of nitrogens with one attached hydrogen (secondary N) is 1. The first-order chi connectivity index (χ1) is 13.0. The topological polar surface area (TPSA) is 73.2 Å². The van der Waals surface area contributed by atoms with Crippen molar-refractivity contribution in [3.63, 3.8) is 0 Å². The van der Waals surface area contributed by atoms with Gasteiger partial charge in [-0.25, -0.2) is 4.68 Å². The van der Waals surface area contributed by atoms with Crippen molar-refractivity contribution in [1.82, 2.24) is 9.78 Å². The Kier molecular flexibility index (Phi) is 6.11. The van der Waals surface area contributed by atoms with E-state index >= 15 is 0 Å². The van der Waals surface area contributed by atoms with Crippen molar-refractivity contribution in [3.8, 4) is 5.69 Å². The van der Waals surface area contributed by atoms with E-state index in [0.717, 1.165) is 5.69 Å². The van der Waals surface area contributed by atoms with Crippen LogP contribution in [0.2, 0.25) is 10.0 Å². The fourth-order valence-electron chi connectivity index (χ4n) is 2.32. The molecule has 0 unspecified atom stereocenters. The van der Waals surface area contributed by atoms with Crippen LogP contribution in [0.4, 0.5) is 5.69 Å². The maximum absolute atomic E-state index is 11.9. The van der Waals surface area contributed by atoms with Crippen LogP contribution in [0, 0.1) is 0 Å². The van der Waals surface area contributed by atoms with Gasteiger partial charge < -0.3 is 10.1 Å². The SMILES string of the molecule is O=C(COC(=O)Cc1cnn(-c2ccccc2)c1)Nc1cc(Cl)ccc1Cl. The Labute approximate surface area is 165 Å². The molecule has 0 aliphatic rings. The molecule has 27 heavy (non-hydrogen) atoms. The van der Waals surface area contributed by atoms with E-state index in [4.69, 9.17) is 27.9 Å². The molecule has 0 aliphatic carbocycles. The molecule has 3 aromatic rings. The lowest BCUT2D eigenvalue weighted by molar-refractivity contribution is -0.146. The van der Waals surface area contributed by atoms with Gasteiger partial charge in [-0.15, -0.1) is 0 Å². The normalized spacial score (nSPS) is 10.4. The van der Waals surface area contributed by atoms with Crippen LogP contribution in [0.1, 0.15) is 5.56 Å². The molecule has 6 nitrogen and oxygen atoms in total. The summed E-state index contributed by atoms with van der Waals surface area (Å²) >= 11 is 11.8. The average molecular weight is 404 g/mol. The van der Waals surface area contributed by atoms with E-state index in [1.165, 1.54) is 6.07 Å². The van der Waals surface area contributed by atoms with Crippen molar-refractivity contribution >= 4 is 40.8 Å². The maximum Gasteiger partial charge on any atom is 0.310 e. The molecule has 2 aromatic carbocycles. The minimum absolute atomic E-state index is 0.0119. The van der Waals surface area contributed by atoms with Crippen molar-refractivity contribution in [2.75, 3.05) is 11.9 Å². The van der Waals surface area contributed by atoms with Gasteiger partial charge in [0.2, 0.25) is 0 Å². The third kappa shape index (κ3) is 5.32. The first kappa shape index (κ1) is 18.9. The molecule has 1 N–H and O–H groups in total. The van der Waals surface area contributed by atoms with Crippen LogP contribution in [-0.4, -0.2) is 28.3 Å². The van der Waals surface area contributed by atoms with E-state index in [9.17, 15) is 9.59 Å². The lowest BCUT2D eigenvalue weighted by atomic mass is 10.2. The number of anilines is 1. The molecule has 0 aliphatic heterocycles. The number of esters is 1. The first-order valence-electron chi connectivity index (χ1n) is 8.01. The van der Waals surface area contributed by atoms with Gasteiger partial charge in [-0.3, -0.25) is 9.59 Å². The lowest BCUT2D eigenvalue weighted by Crippen LogP contribution is -2.21. The Morgan fingerprint density at radius 1 is 1.11 bits per heavy atom. The Balaban J connectivity index is 1.50. The smallest absolute Gasteiger partial charge is 0.310 e. The summed E-state index contributed by atoms with van der Waals surface area (Å²) in [4.78, 5) is 23.9. The quantitative estimate of drug-likeness (QED) is 0.633. The Hall–Kier alpha value is -2.83. The van der Waals surface area contributed by atoms with Gasteiger partial charge in [-0.1, -0.05) is 41.4 Å². The molecule has 1 heterocycles. The summed E-state index contributed by atoms with van der Waals surface area (Å²) in [5.41, 5.74) is 1.92. The van der Waals surface area contributed by atoms with Crippen LogP contribution in [0.15, 0.2) is 60.9 Å². The molecule has 0 saturated carbocycles. The number of aromatic nitrogens is 2. The zero-order chi connectivity index (χ0) is 19.2. The molecular formula is C19H15Cl2N3O3. The van der Waals surface area contributed by atoms with E-state index in [0.29, 0.717) is 21.3 Å². The second-order valence-electron chi connectivity index (χ2n) is 5.64. The van der Waals surface area contributed by atoms with E-state index in [2.05, 4.69) is 10.4 Å². The Morgan fingerprint density at radius 3 is 2.67 bits per heavy atom. The molecule has 0 fully saturated rings. The second-order valence-corrected chi connectivity index (χ2v) is 6.48. The number of ether oxygens (including phenoxy) is 1. The number of amides is 1. The fraction of sp³-hybridized carbons (Fsp3) is 0.105. The van der Waals surface area contributed by atoms with Gasteiger partial charge >= 0.3 is 5.97 Å². The zero-order valence-electron chi connectivity index (χ0n) is 14.1. The molecule has 0 atom stereocenters. The number of carbonyl (C=O) groups is 2. The number of carbonyl (C=O) groups excluding carboxylic acids is 2. The molecule has 0 saturated heterocycles. The number of rotatable bonds is 6. The molecule has 8 heteroatoms. The highest BCUT2D eigenvalue weighted by Crippen LogP contribution is 2.25. The van der Waals surface area contributed by atoms with E-state index < -0.39 is 18.5 Å². The predicted octanol–water partition coefficient (Wildman–Crippen LogP) is 3.90. The van der Waals surface area contributed by atoms with Crippen molar-refractivity contribution in [2.45, 2.75) is 6.42 Å². The van der Waals surface area contributed by atoms with Crippen LogP contribution in [0.25, 0.3) is 5.69 Å². The molecule has 3 rings (SSSR count). The van der Waals surface area contributed by atoms with Crippen molar-refractivity contribution in [2.24, 2.45) is 0 Å². The lowest BCUT2D eigenvalue weighted by Gasteiger charge is -2.08. The summed E-state index contributed by atoms with van der Waals surface area (Å²) < 4.78 is 6.66. The highest BCUT2D eigenvalue weighted by atomic mass is 35.5. The van der Waals surface area contributed by atoms with Crippen molar-refractivity contribution < 1.29 is 14.3 Å². The molecule has 138 valence electrons. The van der Waals surface area contributed by atoms with E-state index in [1.54, 1.807) is 29.2 Å². The number of hydrogen-bond donors (Lipinski definition) is 1. The highest BCUT2D eigenvalue weighted by Gasteiger charge is 2.12. The van der Waals surface area contributed by atoms with Crippen molar-refractivity contribution in [1.29, 1.82) is 0 Å². The Bertz CT molecular complexity index is 958. The van der Waals surface area contributed by atoms with Gasteiger partial charge in [0.25, 0.3) is 5.91 Å². The molecule has 1 amide bonds. The van der Waals surface area contributed by atoms with Gasteiger partial charge in [-0.05, 0) is 30.3 Å². The van der Waals surface area contributed by atoms with Crippen LogP contribution in [0.3, 0.4) is 0 Å². The Morgan fingerprint density at radius 2 is 1.89 bits per heavy atom. The third-order valence-corrected chi connectivity index (χ3v) is 4.14. The number of halogens is 2. The summed E-state index contributed by atoms with van der Waals surface area (Å²) in [5, 5.41) is 7.53.